The van der Waals surface area contributed by atoms with Gasteiger partial charge in [-0.25, -0.2) is 12.9 Å². The Labute approximate surface area is 159 Å². The van der Waals surface area contributed by atoms with Gasteiger partial charge in [-0.2, -0.15) is 23.3 Å². The van der Waals surface area contributed by atoms with Crippen LogP contribution in [0.1, 0.15) is 0 Å². The molecule has 8 nitrogen and oxygen atoms in total. The molecule has 0 unspecified atom stereocenters. The molecule has 0 aliphatic heterocycles. The Morgan fingerprint density at radius 2 is 2.07 bits per heavy atom. The third-order valence-corrected chi connectivity index (χ3v) is 5.23. The molecule has 1 N–H and O–H groups in total. The molecule has 0 fully saturated rings. The number of nitrogens with one attached hydrogen (secondary N) is 1. The molecule has 0 bridgehead atoms. The predicted octanol–water partition coefficient (Wildman–Crippen LogP) is 3.04. The van der Waals surface area contributed by atoms with Crippen molar-refractivity contribution in [2.75, 3.05) is 11.8 Å². The smallest absolute Gasteiger partial charge is 0.387 e. The van der Waals surface area contributed by atoms with E-state index in [9.17, 15) is 21.6 Å². The maximum Gasteiger partial charge on any atom is 0.387 e. The molecule has 144 valence electrons. The number of aromatic nitrogens is 3. The number of sulfonamides is 1. The van der Waals surface area contributed by atoms with Crippen LogP contribution < -0.4 is 14.2 Å². The average Bonchev–Trinajstić information content (AvgIpc) is 3.01. The molecule has 0 aliphatic rings. The number of hydrogen-bond donors (Lipinski definition) is 1. The van der Waals surface area contributed by atoms with Gasteiger partial charge in [-0.3, -0.25) is 4.72 Å². The van der Waals surface area contributed by atoms with Crippen molar-refractivity contribution in [1.29, 1.82) is 0 Å². The van der Waals surface area contributed by atoms with Gasteiger partial charge in [0.25, 0.3) is 10.0 Å². The first-order valence-corrected chi connectivity index (χ1v) is 9.34. The van der Waals surface area contributed by atoms with Crippen LogP contribution in [0.3, 0.4) is 0 Å². The molecule has 3 heterocycles. The molecular weight excluding hydrogens is 457 g/mol. The van der Waals surface area contributed by atoms with E-state index < -0.39 is 22.6 Å². The summed E-state index contributed by atoms with van der Waals surface area (Å²) in [7, 11) is -2.98. The van der Waals surface area contributed by atoms with Crippen LogP contribution in [0.15, 0.2) is 40.0 Å². The molecule has 3 aromatic rings. The summed E-state index contributed by atoms with van der Waals surface area (Å²) in [5.41, 5.74) is 0.0840. The summed E-state index contributed by atoms with van der Waals surface area (Å²) in [6.07, 6.45) is 2.10. The highest BCUT2D eigenvalue weighted by Crippen LogP contribution is 2.30. The molecule has 0 spiro atoms. The minimum atomic E-state index is -4.24. The molecule has 0 amide bonds. The van der Waals surface area contributed by atoms with Crippen LogP contribution >= 0.6 is 15.9 Å². The van der Waals surface area contributed by atoms with E-state index in [-0.39, 0.29) is 32.2 Å². The number of fused-ring (bicyclic) bond motifs is 1. The summed E-state index contributed by atoms with van der Waals surface area (Å²) in [4.78, 5) is 3.23. The van der Waals surface area contributed by atoms with E-state index >= 15 is 0 Å². The van der Waals surface area contributed by atoms with Crippen LogP contribution in [0.25, 0.3) is 5.52 Å². The van der Waals surface area contributed by atoms with Gasteiger partial charge in [0.05, 0.1) is 29.5 Å². The monoisotopic (exact) mass is 466 g/mol. The lowest BCUT2D eigenvalue weighted by molar-refractivity contribution is -0.0501. The number of nitrogens with zero attached hydrogens (tertiary/aromatic N) is 3. The molecule has 0 aromatic carbocycles. The highest BCUT2D eigenvalue weighted by Gasteiger charge is 2.23. The normalized spacial score (nSPS) is 11.8. The number of ether oxygens (including phenoxy) is 2. The Balaban J connectivity index is 1.99. The van der Waals surface area contributed by atoms with Gasteiger partial charge in [-0.05, 0) is 28.1 Å². The Kier molecular flexibility index (Phi) is 5.15. The van der Waals surface area contributed by atoms with Gasteiger partial charge in [0.2, 0.25) is 5.95 Å². The zero-order valence-electron chi connectivity index (χ0n) is 13.4. The lowest BCUT2D eigenvalue weighted by atomic mass is 10.4. The van der Waals surface area contributed by atoms with Gasteiger partial charge in [0.1, 0.15) is 10.6 Å². The first kappa shape index (κ1) is 19.2. The van der Waals surface area contributed by atoms with Crippen molar-refractivity contribution >= 4 is 37.3 Å². The van der Waals surface area contributed by atoms with E-state index in [0.29, 0.717) is 0 Å². The van der Waals surface area contributed by atoms with E-state index in [1.54, 1.807) is 0 Å². The van der Waals surface area contributed by atoms with Crippen LogP contribution in [-0.2, 0) is 10.0 Å². The van der Waals surface area contributed by atoms with Crippen molar-refractivity contribution in [3.63, 3.8) is 0 Å². The van der Waals surface area contributed by atoms with Gasteiger partial charge in [0.15, 0.2) is 11.6 Å². The number of rotatable bonds is 6. The van der Waals surface area contributed by atoms with Crippen molar-refractivity contribution in [3.8, 4) is 11.5 Å². The topological polar surface area (TPSA) is 94.8 Å². The lowest BCUT2D eigenvalue weighted by Crippen LogP contribution is -2.15. The molecule has 3 aromatic heterocycles. The van der Waals surface area contributed by atoms with Crippen LogP contribution in [0.5, 0.6) is 11.5 Å². The van der Waals surface area contributed by atoms with Crippen LogP contribution in [0.4, 0.5) is 19.0 Å². The Morgan fingerprint density at radius 3 is 2.74 bits per heavy atom. The quantitative estimate of drug-likeness (QED) is 0.561. The van der Waals surface area contributed by atoms with Crippen molar-refractivity contribution in [3.05, 3.63) is 41.0 Å². The van der Waals surface area contributed by atoms with E-state index in [4.69, 9.17) is 4.74 Å². The van der Waals surface area contributed by atoms with Crippen LogP contribution in [0, 0.1) is 5.95 Å². The summed E-state index contributed by atoms with van der Waals surface area (Å²) in [5, 5.41) is 3.81. The second-order valence-corrected chi connectivity index (χ2v) is 7.50. The van der Waals surface area contributed by atoms with E-state index in [1.165, 1.54) is 25.3 Å². The highest BCUT2D eigenvalue weighted by molar-refractivity contribution is 9.10. The highest BCUT2D eigenvalue weighted by atomic mass is 79.9. The molecule has 0 radical (unpaired) electrons. The zero-order valence-corrected chi connectivity index (χ0v) is 15.8. The molecule has 0 saturated heterocycles. The van der Waals surface area contributed by atoms with Gasteiger partial charge in [-0.1, -0.05) is 0 Å². The summed E-state index contributed by atoms with van der Waals surface area (Å²) >= 11 is 2.92. The van der Waals surface area contributed by atoms with Gasteiger partial charge < -0.3 is 9.47 Å². The first-order chi connectivity index (χ1) is 12.7. The van der Waals surface area contributed by atoms with Gasteiger partial charge in [0, 0.05) is 6.07 Å². The fraction of sp³-hybridized carbons (Fsp3) is 0.143. The van der Waals surface area contributed by atoms with E-state index in [0.717, 1.165) is 16.9 Å². The summed E-state index contributed by atoms with van der Waals surface area (Å²) < 4.78 is 75.9. The van der Waals surface area contributed by atoms with E-state index in [2.05, 4.69) is 35.5 Å². The standard InChI is InChI=1S/C14H10BrF3N4O4S/c1-25-10-4-8(15)12(16)20-13(10)21-27(23,24)11-5-19-22-6-7(26-14(17)18)2-3-9(11)22/h2-6,14H,1H3,(H,20,21). The number of hydrogen-bond acceptors (Lipinski definition) is 6. The molecule has 0 aliphatic carbocycles. The SMILES string of the molecule is COc1cc(Br)c(F)nc1NS(=O)(=O)c1cnn2cc(OC(F)F)ccc12. The minimum absolute atomic E-state index is 0.00941. The Hall–Kier alpha value is -2.54. The third kappa shape index (κ3) is 3.93. The van der Waals surface area contributed by atoms with Crippen molar-refractivity contribution in [1.82, 2.24) is 14.6 Å². The van der Waals surface area contributed by atoms with Gasteiger partial charge >= 0.3 is 6.61 Å². The summed E-state index contributed by atoms with van der Waals surface area (Å²) in [5.74, 6) is -1.52. The minimum Gasteiger partial charge on any atom is -0.493 e. The summed E-state index contributed by atoms with van der Waals surface area (Å²) in [6, 6.07) is 3.62. The fourth-order valence-electron chi connectivity index (χ4n) is 2.18. The number of alkyl halides is 2. The molecule has 27 heavy (non-hydrogen) atoms. The second kappa shape index (κ2) is 7.23. The lowest BCUT2D eigenvalue weighted by Gasteiger charge is -2.11. The maximum atomic E-state index is 13.7. The molecular formula is C14H10BrF3N4O4S. The van der Waals surface area contributed by atoms with E-state index in [1.807, 2.05) is 0 Å². The largest absolute Gasteiger partial charge is 0.493 e. The van der Waals surface area contributed by atoms with Crippen LogP contribution in [-0.4, -0.2) is 36.7 Å². The van der Waals surface area contributed by atoms with Crippen molar-refractivity contribution in [2.45, 2.75) is 11.5 Å². The summed E-state index contributed by atoms with van der Waals surface area (Å²) in [6.45, 7) is -3.03. The number of methoxy groups -OCH3 is 1. The predicted molar refractivity (Wildman–Crippen MR) is 91.1 cm³/mol. The second-order valence-electron chi connectivity index (χ2n) is 5.00. The molecule has 0 atom stereocenters. The number of anilines is 1. The van der Waals surface area contributed by atoms with Crippen molar-refractivity contribution in [2.24, 2.45) is 0 Å². The third-order valence-electron chi connectivity index (χ3n) is 3.32. The molecule has 3 rings (SSSR count). The zero-order chi connectivity index (χ0) is 19.8. The average molecular weight is 467 g/mol. The molecule has 0 saturated carbocycles. The Morgan fingerprint density at radius 1 is 1.33 bits per heavy atom. The fourth-order valence-corrected chi connectivity index (χ4v) is 3.61. The Bertz CT molecular complexity index is 1110. The van der Waals surface area contributed by atoms with Crippen LogP contribution in [0.2, 0.25) is 0 Å². The van der Waals surface area contributed by atoms with Gasteiger partial charge in [-0.15, -0.1) is 0 Å². The first-order valence-electron chi connectivity index (χ1n) is 7.06. The molecule has 13 heteroatoms. The van der Waals surface area contributed by atoms with Crippen molar-refractivity contribution < 1.29 is 31.1 Å². The number of pyridine rings is 2. The number of halogens is 4. The maximum absolute atomic E-state index is 13.7.